The van der Waals surface area contributed by atoms with Crippen molar-refractivity contribution >= 4 is 57.7 Å². The lowest BCUT2D eigenvalue weighted by atomic mass is 9.98. The predicted molar refractivity (Wildman–Crippen MR) is 162 cm³/mol. The van der Waals surface area contributed by atoms with Crippen molar-refractivity contribution in [3.8, 4) is 0 Å². The van der Waals surface area contributed by atoms with Gasteiger partial charge in [0.1, 0.15) is 5.25 Å². The average Bonchev–Trinajstić information content (AvgIpc) is 2.99. The molecule has 0 fully saturated rings. The van der Waals surface area contributed by atoms with E-state index in [2.05, 4.69) is 10.6 Å². The number of aromatic carboxylic acids is 2. The van der Waals surface area contributed by atoms with Gasteiger partial charge >= 0.3 is 11.9 Å². The molecule has 1 atom stereocenters. The first-order valence-electron chi connectivity index (χ1n) is 12.8. The highest BCUT2D eigenvalue weighted by Gasteiger charge is 2.23. The summed E-state index contributed by atoms with van der Waals surface area (Å²) in [6.07, 6.45) is 0. The maximum Gasteiger partial charge on any atom is 0.336 e. The first kappa shape index (κ1) is 28.1. The number of hydrogen-bond donors (Lipinski definition) is 4. The normalized spacial score (nSPS) is 11.4. The fraction of sp³-hybridized carbons (Fsp3) is 0.0303. The van der Waals surface area contributed by atoms with Gasteiger partial charge in [-0.2, -0.15) is 0 Å². The third-order valence-corrected chi connectivity index (χ3v) is 7.69. The molecule has 5 aromatic carbocycles. The molecule has 0 aliphatic heterocycles. The molecule has 0 aromatic heterocycles. The Kier molecular flexibility index (Phi) is 8.31. The maximum atomic E-state index is 13.5. The van der Waals surface area contributed by atoms with Crippen molar-refractivity contribution in [2.24, 2.45) is 0 Å². The standard InChI is InChI=1S/C33H24N2O6S/c36-30(26-16-5-10-20-11-6-17-27(28(20)26)33(40)41)34-24-14-7-15-25(19-24)42-29(21-8-2-1-3-9-21)31(37)35-23-13-4-12-22(18-23)32(38)39/h1-19,29H,(H,34,36)(H,35,37)(H,38,39)(H,40,41). The van der Waals surface area contributed by atoms with E-state index in [1.165, 1.54) is 30.0 Å². The topological polar surface area (TPSA) is 133 Å². The van der Waals surface area contributed by atoms with Crippen molar-refractivity contribution in [1.82, 2.24) is 0 Å². The number of carbonyl (C=O) groups excluding carboxylic acids is 2. The lowest BCUT2D eigenvalue weighted by Crippen LogP contribution is -2.19. The maximum absolute atomic E-state index is 13.5. The van der Waals surface area contributed by atoms with Gasteiger partial charge in [0.2, 0.25) is 5.91 Å². The predicted octanol–water partition coefficient (Wildman–Crippen LogP) is 6.96. The zero-order valence-electron chi connectivity index (χ0n) is 22.0. The monoisotopic (exact) mass is 576 g/mol. The van der Waals surface area contributed by atoms with Crippen LogP contribution in [0.15, 0.2) is 120 Å². The average molecular weight is 577 g/mol. The van der Waals surface area contributed by atoms with Crippen molar-refractivity contribution in [1.29, 1.82) is 0 Å². The molecule has 0 saturated carbocycles. The molecule has 0 saturated heterocycles. The van der Waals surface area contributed by atoms with E-state index in [-0.39, 0.29) is 22.6 Å². The minimum absolute atomic E-state index is 0.0353. The summed E-state index contributed by atoms with van der Waals surface area (Å²) in [5, 5.41) is 24.9. The van der Waals surface area contributed by atoms with Crippen LogP contribution < -0.4 is 10.6 Å². The van der Waals surface area contributed by atoms with E-state index in [0.29, 0.717) is 27.0 Å². The lowest BCUT2D eigenvalue weighted by molar-refractivity contribution is -0.115. The van der Waals surface area contributed by atoms with Crippen LogP contribution in [0, 0.1) is 0 Å². The number of fused-ring (bicyclic) bond motifs is 1. The van der Waals surface area contributed by atoms with Gasteiger partial charge in [-0.3, -0.25) is 9.59 Å². The van der Waals surface area contributed by atoms with E-state index >= 15 is 0 Å². The molecular formula is C33H24N2O6S. The van der Waals surface area contributed by atoms with Crippen LogP contribution in [-0.2, 0) is 4.79 Å². The second kappa shape index (κ2) is 12.4. The van der Waals surface area contributed by atoms with Crippen LogP contribution in [0.2, 0.25) is 0 Å². The van der Waals surface area contributed by atoms with E-state index in [1.807, 2.05) is 36.4 Å². The third kappa shape index (κ3) is 6.32. The summed E-state index contributed by atoms with van der Waals surface area (Å²) in [5.41, 5.74) is 1.89. The molecule has 0 radical (unpaired) electrons. The summed E-state index contributed by atoms with van der Waals surface area (Å²) in [7, 11) is 0. The molecule has 2 amide bonds. The first-order chi connectivity index (χ1) is 20.3. The quantitative estimate of drug-likeness (QED) is 0.139. The number of carbonyl (C=O) groups is 4. The largest absolute Gasteiger partial charge is 0.478 e. The second-order valence-corrected chi connectivity index (χ2v) is 10.5. The van der Waals surface area contributed by atoms with Crippen LogP contribution in [0.1, 0.15) is 41.9 Å². The zero-order valence-corrected chi connectivity index (χ0v) is 22.8. The zero-order chi connectivity index (χ0) is 29.6. The number of hydrogen-bond acceptors (Lipinski definition) is 5. The SMILES string of the molecule is O=C(O)c1cccc(NC(=O)C(Sc2cccc(NC(=O)c3cccc4cccc(C(=O)O)c34)c2)c2ccccc2)c1. The number of thioether (sulfide) groups is 1. The Bertz CT molecular complexity index is 1820. The van der Waals surface area contributed by atoms with Gasteiger partial charge in [-0.05, 0) is 59.5 Å². The van der Waals surface area contributed by atoms with E-state index < -0.39 is 23.1 Å². The minimum atomic E-state index is -1.13. The highest BCUT2D eigenvalue weighted by molar-refractivity contribution is 8.00. The molecule has 9 heteroatoms. The molecule has 5 aromatic rings. The second-order valence-electron chi connectivity index (χ2n) is 9.28. The lowest BCUT2D eigenvalue weighted by Gasteiger charge is -2.18. The molecule has 0 aliphatic carbocycles. The Morgan fingerprint density at radius 2 is 1.26 bits per heavy atom. The van der Waals surface area contributed by atoms with Crippen molar-refractivity contribution in [2.75, 3.05) is 10.6 Å². The number of carboxylic acids is 2. The molecule has 0 bridgehead atoms. The number of amides is 2. The number of rotatable bonds is 9. The fourth-order valence-electron chi connectivity index (χ4n) is 4.53. The summed E-state index contributed by atoms with van der Waals surface area (Å²) in [4.78, 5) is 50.7. The number of benzene rings is 5. The van der Waals surface area contributed by atoms with Crippen LogP contribution in [0.3, 0.4) is 0 Å². The summed E-state index contributed by atoms with van der Waals surface area (Å²) in [5.74, 6) is -3.03. The van der Waals surface area contributed by atoms with Gasteiger partial charge in [-0.25, -0.2) is 9.59 Å². The number of nitrogens with one attached hydrogen (secondary N) is 2. The van der Waals surface area contributed by atoms with E-state index in [1.54, 1.807) is 60.7 Å². The van der Waals surface area contributed by atoms with Gasteiger partial charge in [0.15, 0.2) is 0 Å². The molecule has 4 N–H and O–H groups in total. The van der Waals surface area contributed by atoms with Crippen molar-refractivity contribution in [2.45, 2.75) is 10.1 Å². The van der Waals surface area contributed by atoms with E-state index in [9.17, 15) is 29.4 Å². The Morgan fingerprint density at radius 3 is 1.95 bits per heavy atom. The number of carboxylic acid groups (broad SMARTS) is 2. The van der Waals surface area contributed by atoms with Crippen LogP contribution in [-0.4, -0.2) is 34.0 Å². The molecule has 0 aliphatic rings. The van der Waals surface area contributed by atoms with Crippen molar-refractivity contribution in [3.63, 3.8) is 0 Å². The summed E-state index contributed by atoms with van der Waals surface area (Å²) >= 11 is 1.27. The molecule has 1 unspecified atom stereocenters. The molecule has 5 rings (SSSR count). The summed E-state index contributed by atoms with van der Waals surface area (Å²) in [6.45, 7) is 0. The Morgan fingerprint density at radius 1 is 0.619 bits per heavy atom. The van der Waals surface area contributed by atoms with Crippen LogP contribution in [0.4, 0.5) is 11.4 Å². The van der Waals surface area contributed by atoms with Crippen molar-refractivity contribution < 1.29 is 29.4 Å². The summed E-state index contributed by atoms with van der Waals surface area (Å²) < 4.78 is 0. The fourth-order valence-corrected chi connectivity index (χ4v) is 5.61. The highest BCUT2D eigenvalue weighted by Crippen LogP contribution is 2.37. The molecule has 0 spiro atoms. The Hall–Kier alpha value is -5.41. The van der Waals surface area contributed by atoms with Gasteiger partial charge in [-0.15, -0.1) is 11.8 Å². The van der Waals surface area contributed by atoms with Gasteiger partial charge in [0.05, 0.1) is 11.1 Å². The highest BCUT2D eigenvalue weighted by atomic mass is 32.2. The van der Waals surface area contributed by atoms with Gasteiger partial charge < -0.3 is 20.8 Å². The van der Waals surface area contributed by atoms with Crippen molar-refractivity contribution in [3.05, 3.63) is 138 Å². The van der Waals surface area contributed by atoms with Crippen LogP contribution in [0.25, 0.3) is 10.8 Å². The minimum Gasteiger partial charge on any atom is -0.478 e. The Balaban J connectivity index is 1.40. The van der Waals surface area contributed by atoms with Gasteiger partial charge in [-0.1, -0.05) is 66.7 Å². The molecular weight excluding hydrogens is 552 g/mol. The smallest absolute Gasteiger partial charge is 0.336 e. The number of anilines is 2. The van der Waals surface area contributed by atoms with E-state index in [4.69, 9.17) is 0 Å². The first-order valence-corrected chi connectivity index (χ1v) is 13.7. The molecule has 8 nitrogen and oxygen atoms in total. The van der Waals surface area contributed by atoms with E-state index in [0.717, 1.165) is 5.56 Å². The molecule has 0 heterocycles. The third-order valence-electron chi connectivity index (χ3n) is 6.44. The van der Waals surface area contributed by atoms with Gasteiger partial charge in [0.25, 0.3) is 5.91 Å². The molecule has 42 heavy (non-hydrogen) atoms. The molecule has 208 valence electrons. The van der Waals surface area contributed by atoms with Gasteiger partial charge in [0, 0.05) is 27.2 Å². The Labute approximate surface area is 245 Å². The van der Waals surface area contributed by atoms with Crippen LogP contribution >= 0.6 is 11.8 Å². The summed E-state index contributed by atoms with van der Waals surface area (Å²) in [6, 6.07) is 32.1. The van der Waals surface area contributed by atoms with Crippen LogP contribution in [0.5, 0.6) is 0 Å².